The van der Waals surface area contributed by atoms with Crippen LogP contribution in [0.5, 0.6) is 5.75 Å². The predicted molar refractivity (Wildman–Crippen MR) is 135 cm³/mol. The van der Waals surface area contributed by atoms with Crippen LogP contribution in [-0.4, -0.2) is 39.5 Å². The van der Waals surface area contributed by atoms with Crippen molar-refractivity contribution in [1.82, 2.24) is 5.32 Å². The van der Waals surface area contributed by atoms with E-state index in [0.29, 0.717) is 18.7 Å². The van der Waals surface area contributed by atoms with Gasteiger partial charge in [-0.25, -0.2) is 12.8 Å². The van der Waals surface area contributed by atoms with Crippen molar-refractivity contribution >= 4 is 59.6 Å². The molecule has 1 atom stereocenters. The van der Waals surface area contributed by atoms with Gasteiger partial charge in [0, 0.05) is 33.3 Å². The van der Waals surface area contributed by atoms with Crippen LogP contribution in [0.3, 0.4) is 0 Å². The summed E-state index contributed by atoms with van der Waals surface area (Å²) in [5, 5.41) is 15.9. The number of nitrogens with one attached hydrogen (secondary N) is 2. The smallest absolute Gasteiger partial charge is 0.229 e. The molecule has 1 aromatic heterocycles. The van der Waals surface area contributed by atoms with E-state index in [-0.39, 0.29) is 24.6 Å². The summed E-state index contributed by atoms with van der Waals surface area (Å²) < 4.78 is 46.8. The average molecular weight is 511 g/mol. The minimum Gasteiger partial charge on any atom is -0.492 e. The number of ether oxygens (including phenoxy) is 1. The molecule has 3 N–H and O–H groups in total. The molecule has 0 aliphatic heterocycles. The lowest BCUT2D eigenvalue weighted by molar-refractivity contribution is 0.172. The molecule has 176 valence electrons. The molecule has 0 aliphatic rings. The average Bonchev–Trinajstić information content (AvgIpc) is 3.11. The van der Waals surface area contributed by atoms with Crippen molar-refractivity contribution in [3.05, 3.63) is 72.0 Å². The van der Waals surface area contributed by atoms with Crippen LogP contribution >= 0.6 is 23.7 Å². The summed E-state index contributed by atoms with van der Waals surface area (Å²) in [6.07, 6.45) is 0.0147. The van der Waals surface area contributed by atoms with Crippen molar-refractivity contribution in [1.29, 1.82) is 0 Å². The zero-order valence-electron chi connectivity index (χ0n) is 17.7. The van der Waals surface area contributed by atoms with Gasteiger partial charge < -0.3 is 15.2 Å². The second-order valence-electron chi connectivity index (χ2n) is 7.44. The van der Waals surface area contributed by atoms with E-state index in [9.17, 15) is 17.9 Å². The van der Waals surface area contributed by atoms with Gasteiger partial charge in [-0.05, 0) is 42.0 Å². The fraction of sp³-hybridized carbons (Fsp3) is 0.217. The maximum Gasteiger partial charge on any atom is 0.229 e. The van der Waals surface area contributed by atoms with Crippen LogP contribution in [0.2, 0.25) is 0 Å². The van der Waals surface area contributed by atoms with E-state index >= 15 is 0 Å². The molecule has 0 saturated carbocycles. The van der Waals surface area contributed by atoms with E-state index in [1.54, 1.807) is 11.3 Å². The van der Waals surface area contributed by atoms with E-state index < -0.39 is 21.9 Å². The Balaban J connectivity index is 0.00000306. The van der Waals surface area contributed by atoms with Crippen LogP contribution in [0.15, 0.2) is 60.7 Å². The summed E-state index contributed by atoms with van der Waals surface area (Å²) in [4.78, 5) is 0. The first-order valence-corrected chi connectivity index (χ1v) is 12.7. The molecule has 4 rings (SSSR count). The molecule has 0 aliphatic carbocycles. The minimum absolute atomic E-state index is 0. The summed E-state index contributed by atoms with van der Waals surface area (Å²) in [6, 6.07) is 18.2. The van der Waals surface area contributed by atoms with Crippen LogP contribution in [0.4, 0.5) is 10.1 Å². The third kappa shape index (κ3) is 6.33. The number of anilines is 1. The Kier molecular flexibility index (Phi) is 8.14. The van der Waals surface area contributed by atoms with Crippen molar-refractivity contribution in [2.75, 3.05) is 30.7 Å². The molecule has 4 aromatic rings. The van der Waals surface area contributed by atoms with Gasteiger partial charge in [-0.15, -0.1) is 23.7 Å². The van der Waals surface area contributed by atoms with E-state index in [1.165, 1.54) is 32.3 Å². The fourth-order valence-corrected chi connectivity index (χ4v) is 5.11. The minimum atomic E-state index is -3.62. The molecular weight excluding hydrogens is 487 g/mol. The predicted octanol–water partition coefficient (Wildman–Crippen LogP) is 4.69. The lowest BCUT2D eigenvalue weighted by Gasteiger charge is -2.14. The van der Waals surface area contributed by atoms with Crippen LogP contribution in [-0.2, 0) is 10.0 Å². The van der Waals surface area contributed by atoms with Crippen LogP contribution in [0, 0.1) is 5.82 Å². The summed E-state index contributed by atoms with van der Waals surface area (Å²) in [5.41, 5.74) is 0.213. The highest BCUT2D eigenvalue weighted by molar-refractivity contribution is 7.92. The zero-order chi connectivity index (χ0) is 22.7. The molecule has 6 nitrogen and oxygen atoms in total. The van der Waals surface area contributed by atoms with Gasteiger partial charge in [-0.2, -0.15) is 0 Å². The second-order valence-corrected chi connectivity index (χ2v) is 10.3. The van der Waals surface area contributed by atoms with E-state index in [2.05, 4.69) is 28.2 Å². The summed E-state index contributed by atoms with van der Waals surface area (Å²) in [6.45, 7) is 1.12. The van der Waals surface area contributed by atoms with Gasteiger partial charge in [0.1, 0.15) is 18.2 Å². The van der Waals surface area contributed by atoms with Gasteiger partial charge in [-0.3, -0.25) is 4.72 Å². The fourth-order valence-electron chi connectivity index (χ4n) is 3.42. The zero-order valence-corrected chi connectivity index (χ0v) is 20.2. The number of rotatable bonds is 9. The lowest BCUT2D eigenvalue weighted by atomic mass is 10.1. The number of fused-ring (bicyclic) bond motifs is 3. The van der Waals surface area contributed by atoms with Crippen molar-refractivity contribution in [2.45, 2.75) is 6.10 Å². The monoisotopic (exact) mass is 510 g/mol. The van der Waals surface area contributed by atoms with Gasteiger partial charge in [0.2, 0.25) is 10.0 Å². The molecule has 0 spiro atoms. The Labute approximate surface area is 201 Å². The summed E-state index contributed by atoms with van der Waals surface area (Å²) in [7, 11) is -3.62. The van der Waals surface area contributed by atoms with E-state index in [0.717, 1.165) is 18.1 Å². The number of aliphatic hydroxyl groups excluding tert-OH is 1. The highest BCUT2D eigenvalue weighted by atomic mass is 35.5. The summed E-state index contributed by atoms with van der Waals surface area (Å²) in [5.74, 6) is 0.0739. The van der Waals surface area contributed by atoms with Gasteiger partial charge in [0.05, 0.1) is 18.0 Å². The van der Waals surface area contributed by atoms with Crippen molar-refractivity contribution in [3.8, 4) is 5.75 Å². The quantitative estimate of drug-likeness (QED) is 0.284. The van der Waals surface area contributed by atoms with Gasteiger partial charge >= 0.3 is 0 Å². The van der Waals surface area contributed by atoms with Gasteiger partial charge in [-0.1, -0.05) is 24.3 Å². The molecule has 0 radical (unpaired) electrons. The summed E-state index contributed by atoms with van der Waals surface area (Å²) >= 11 is 1.73. The Morgan fingerprint density at radius 3 is 2.61 bits per heavy atom. The molecule has 1 heterocycles. The first-order valence-electron chi connectivity index (χ1n) is 10.0. The van der Waals surface area contributed by atoms with Gasteiger partial charge in [0.25, 0.3) is 0 Å². The number of aliphatic hydroxyl groups is 1. The lowest BCUT2D eigenvalue weighted by Crippen LogP contribution is -2.26. The Morgan fingerprint density at radius 2 is 1.82 bits per heavy atom. The molecule has 3 aromatic carbocycles. The largest absolute Gasteiger partial charge is 0.492 e. The van der Waals surface area contributed by atoms with Crippen LogP contribution < -0.4 is 14.8 Å². The maximum atomic E-state index is 13.8. The molecule has 0 amide bonds. The molecule has 33 heavy (non-hydrogen) atoms. The topological polar surface area (TPSA) is 87.7 Å². The highest BCUT2D eigenvalue weighted by Gasteiger charge is 2.13. The Morgan fingerprint density at radius 1 is 1.06 bits per heavy atom. The molecular formula is C23H24ClFN2O4S2. The number of hydrogen-bond donors (Lipinski definition) is 3. The molecule has 0 fully saturated rings. The van der Waals surface area contributed by atoms with Crippen LogP contribution in [0.25, 0.3) is 20.2 Å². The number of thiophene rings is 1. The number of sulfonamides is 1. The van der Waals surface area contributed by atoms with E-state index in [4.69, 9.17) is 4.74 Å². The number of hydrogen-bond acceptors (Lipinski definition) is 6. The number of benzene rings is 3. The second kappa shape index (κ2) is 10.7. The third-order valence-corrected chi connectivity index (χ3v) is 6.63. The molecule has 0 saturated heterocycles. The maximum absolute atomic E-state index is 13.8. The standard InChI is InChI=1S/C23H23FN2O4S2.ClH/c1-32(28,29)26-20-12-15(6-9-19(20)24)21(27)14-25-10-11-30-16-7-8-18-17-4-2-3-5-22(17)31-23(18)13-16;/h2-9,12-13,21,25-27H,10-11,14H2,1H3;1H. The van der Waals surface area contributed by atoms with Crippen LogP contribution in [0.1, 0.15) is 11.7 Å². The Hall–Kier alpha value is -2.43. The third-order valence-electron chi connectivity index (χ3n) is 4.91. The SMILES string of the molecule is CS(=O)(=O)Nc1cc(C(O)CNCCOc2ccc3c(c2)sc2ccccc23)ccc1F.Cl. The highest BCUT2D eigenvalue weighted by Crippen LogP contribution is 2.35. The van der Waals surface area contributed by atoms with Crippen molar-refractivity contribution < 1.29 is 22.7 Å². The number of halogens is 2. The van der Waals surface area contributed by atoms with E-state index in [1.807, 2.05) is 24.3 Å². The van der Waals surface area contributed by atoms with Gasteiger partial charge in [0.15, 0.2) is 0 Å². The first kappa shape index (κ1) is 25.2. The molecule has 10 heteroatoms. The normalized spacial score (nSPS) is 12.5. The molecule has 0 bridgehead atoms. The first-order chi connectivity index (χ1) is 15.3. The van der Waals surface area contributed by atoms with Crippen molar-refractivity contribution in [3.63, 3.8) is 0 Å². The van der Waals surface area contributed by atoms with Crippen molar-refractivity contribution in [2.24, 2.45) is 0 Å². The molecule has 1 unspecified atom stereocenters. The Bertz CT molecular complexity index is 1360.